The zero-order valence-electron chi connectivity index (χ0n) is 25.1. The SMILES string of the molecule is CC.CC.CC.Cc1ccc(CCNCC(O)c2ccccc2)ccn(C)c(C2CCc3sc(C)nc32)n1. The number of aromatic nitrogens is 3. The number of thiazole rings is 1. The Kier molecular flexibility index (Phi) is 16.5. The lowest BCUT2D eigenvalue weighted by molar-refractivity contribution is 0.175. The molecule has 0 aliphatic heterocycles. The topological polar surface area (TPSA) is 63.0 Å². The number of aliphatic hydroxyl groups is 1. The molecule has 0 bridgehead atoms. The third-order valence-electron chi connectivity index (χ3n) is 5.95. The van der Waals surface area contributed by atoms with Gasteiger partial charge in [0.1, 0.15) is 5.82 Å². The Hall–Kier alpha value is -2.54. The van der Waals surface area contributed by atoms with Crippen LogP contribution in [0.15, 0.2) is 54.7 Å². The summed E-state index contributed by atoms with van der Waals surface area (Å²) >= 11 is 1.82. The normalized spacial score (nSPS) is 13.9. The molecule has 6 heteroatoms. The van der Waals surface area contributed by atoms with E-state index in [2.05, 4.69) is 55.2 Å². The number of hydrogen-bond acceptors (Lipinski definition) is 5. The molecular weight excluding hydrogens is 488 g/mol. The van der Waals surface area contributed by atoms with Crippen LogP contribution >= 0.6 is 11.3 Å². The Morgan fingerprint density at radius 3 is 2.34 bits per heavy atom. The van der Waals surface area contributed by atoms with Crippen molar-refractivity contribution in [2.45, 2.75) is 86.7 Å². The molecule has 5 nitrogen and oxygen atoms in total. The minimum absolute atomic E-state index is 0.260. The number of aliphatic hydroxyl groups excluding tert-OH is 1. The Bertz CT molecular complexity index is 1110. The fraction of sp³-hybridized carbons (Fsp3) is 0.500. The minimum Gasteiger partial charge on any atom is -0.387 e. The maximum Gasteiger partial charge on any atom is 0.117 e. The second kappa shape index (κ2) is 18.7. The molecule has 2 aromatic heterocycles. The second-order valence-corrected chi connectivity index (χ2v) is 9.75. The molecule has 0 saturated carbocycles. The molecule has 0 saturated heterocycles. The Balaban J connectivity index is 0.00000112. The van der Waals surface area contributed by atoms with Gasteiger partial charge in [0.2, 0.25) is 0 Å². The van der Waals surface area contributed by atoms with Crippen molar-refractivity contribution < 1.29 is 5.11 Å². The highest BCUT2D eigenvalue weighted by molar-refractivity contribution is 7.11. The van der Waals surface area contributed by atoms with Gasteiger partial charge in [0.15, 0.2) is 0 Å². The lowest BCUT2D eigenvalue weighted by Gasteiger charge is -2.12. The van der Waals surface area contributed by atoms with Gasteiger partial charge in [-0.3, -0.25) is 0 Å². The largest absolute Gasteiger partial charge is 0.387 e. The molecule has 3 aromatic rings. The first-order valence-electron chi connectivity index (χ1n) is 14.3. The first kappa shape index (κ1) is 33.5. The molecule has 1 aliphatic carbocycles. The molecular formula is C32H50N4OS. The number of nitrogens with one attached hydrogen (secondary N) is 1. The first-order chi connectivity index (χ1) is 18.5. The molecule has 1 aliphatic rings. The summed E-state index contributed by atoms with van der Waals surface area (Å²) in [7, 11) is 2.08. The van der Waals surface area contributed by atoms with Crippen LogP contribution in [-0.2, 0) is 19.9 Å². The third kappa shape index (κ3) is 9.97. The quantitative estimate of drug-likeness (QED) is 0.303. The van der Waals surface area contributed by atoms with Crippen molar-refractivity contribution in [1.82, 2.24) is 19.9 Å². The van der Waals surface area contributed by atoms with Crippen molar-refractivity contribution >= 4 is 11.3 Å². The van der Waals surface area contributed by atoms with Crippen LogP contribution in [0.25, 0.3) is 0 Å². The van der Waals surface area contributed by atoms with Crippen molar-refractivity contribution in [3.8, 4) is 0 Å². The summed E-state index contributed by atoms with van der Waals surface area (Å²) in [5.41, 5.74) is 4.39. The maximum absolute atomic E-state index is 10.3. The minimum atomic E-state index is -0.490. The van der Waals surface area contributed by atoms with E-state index in [0.717, 1.165) is 47.9 Å². The first-order valence-corrected chi connectivity index (χ1v) is 15.1. The van der Waals surface area contributed by atoms with Crippen molar-refractivity contribution in [1.29, 1.82) is 0 Å². The van der Waals surface area contributed by atoms with E-state index in [9.17, 15) is 5.11 Å². The van der Waals surface area contributed by atoms with E-state index < -0.39 is 6.10 Å². The van der Waals surface area contributed by atoms with Gasteiger partial charge in [-0.15, -0.1) is 11.3 Å². The number of nitrogens with zero attached hydrogens (tertiary/aromatic N) is 3. The van der Waals surface area contributed by atoms with E-state index >= 15 is 0 Å². The van der Waals surface area contributed by atoms with Gasteiger partial charge in [-0.1, -0.05) is 77.9 Å². The molecule has 4 rings (SSSR count). The van der Waals surface area contributed by atoms with E-state index in [-0.39, 0.29) is 5.92 Å². The van der Waals surface area contributed by atoms with Gasteiger partial charge in [0.05, 0.1) is 22.7 Å². The highest BCUT2D eigenvalue weighted by Crippen LogP contribution is 2.39. The summed E-state index contributed by atoms with van der Waals surface area (Å²) in [6.07, 6.45) is 4.68. The monoisotopic (exact) mass is 538 g/mol. The zero-order chi connectivity index (χ0) is 28.5. The Morgan fingerprint density at radius 1 is 0.974 bits per heavy atom. The van der Waals surface area contributed by atoms with Crippen LogP contribution in [0.1, 0.15) is 98.2 Å². The molecule has 2 atom stereocenters. The predicted octanol–water partition coefficient (Wildman–Crippen LogP) is 7.64. The average molecular weight is 539 g/mol. The standard InChI is InChI=1S/C26H32N4OS.3C2H6/c1-18-9-10-20(13-15-27-17-23(31)21-7-5-4-6-8-21)14-16-30(3)26(28-18)22-11-12-24-25(22)29-19(2)32-24;3*1-2/h4-10,14,16,22-23,27,31H,11-13,15,17H2,1-3H3;3*1-2H3. The lowest BCUT2D eigenvalue weighted by atomic mass is 10.1. The van der Waals surface area contributed by atoms with E-state index in [1.807, 2.05) is 83.2 Å². The highest BCUT2D eigenvalue weighted by Gasteiger charge is 2.29. The number of rotatable bonds is 7. The highest BCUT2D eigenvalue weighted by atomic mass is 32.1. The summed E-state index contributed by atoms with van der Waals surface area (Å²) in [6, 6.07) is 16.2. The molecule has 0 radical (unpaired) electrons. The maximum atomic E-state index is 10.3. The average Bonchev–Trinajstić information content (AvgIpc) is 3.54. The predicted molar refractivity (Wildman–Crippen MR) is 165 cm³/mol. The van der Waals surface area contributed by atoms with Crippen LogP contribution in [0.5, 0.6) is 0 Å². The molecule has 38 heavy (non-hydrogen) atoms. The van der Waals surface area contributed by atoms with Crippen LogP contribution < -0.4 is 5.32 Å². The van der Waals surface area contributed by atoms with Gasteiger partial charge in [-0.2, -0.15) is 0 Å². The van der Waals surface area contributed by atoms with Crippen molar-refractivity contribution in [2.75, 3.05) is 13.1 Å². The zero-order valence-corrected chi connectivity index (χ0v) is 25.9. The van der Waals surface area contributed by atoms with Crippen LogP contribution in [0, 0.1) is 13.8 Å². The van der Waals surface area contributed by atoms with Crippen molar-refractivity contribution in [3.05, 3.63) is 93.0 Å². The number of fused-ring (bicyclic) bond motifs is 1. The van der Waals surface area contributed by atoms with E-state index in [0.29, 0.717) is 6.54 Å². The van der Waals surface area contributed by atoms with Gasteiger partial charge in [0, 0.05) is 30.4 Å². The fourth-order valence-electron chi connectivity index (χ4n) is 4.22. The van der Waals surface area contributed by atoms with Crippen LogP contribution in [0.3, 0.4) is 0 Å². The van der Waals surface area contributed by atoms with E-state index in [1.54, 1.807) is 0 Å². The molecule has 210 valence electrons. The summed E-state index contributed by atoms with van der Waals surface area (Å²) in [5, 5.41) is 14.8. The Labute approximate surface area is 235 Å². The van der Waals surface area contributed by atoms with Gasteiger partial charge >= 0.3 is 0 Å². The number of benzene rings is 1. The van der Waals surface area contributed by atoms with Crippen LogP contribution in [0.4, 0.5) is 0 Å². The summed E-state index contributed by atoms with van der Waals surface area (Å²) in [4.78, 5) is 11.2. The van der Waals surface area contributed by atoms with Gasteiger partial charge in [-0.05, 0) is 62.9 Å². The van der Waals surface area contributed by atoms with E-state index in [4.69, 9.17) is 9.97 Å². The number of hydrogen-bond donors (Lipinski definition) is 2. The third-order valence-corrected chi connectivity index (χ3v) is 7.00. The molecule has 0 fully saturated rings. The molecule has 2 N–H and O–H groups in total. The fourth-order valence-corrected chi connectivity index (χ4v) is 5.23. The lowest BCUT2D eigenvalue weighted by Crippen LogP contribution is -2.23. The summed E-state index contributed by atoms with van der Waals surface area (Å²) in [5.74, 6) is 1.33. The van der Waals surface area contributed by atoms with Crippen molar-refractivity contribution in [2.24, 2.45) is 7.05 Å². The van der Waals surface area contributed by atoms with Crippen LogP contribution in [0.2, 0.25) is 0 Å². The second-order valence-electron chi connectivity index (χ2n) is 8.46. The van der Waals surface area contributed by atoms with Gasteiger partial charge in [0.25, 0.3) is 0 Å². The summed E-state index contributed by atoms with van der Waals surface area (Å²) in [6.45, 7) is 17.5. The molecule has 2 heterocycles. The van der Waals surface area contributed by atoms with E-state index in [1.165, 1.54) is 16.1 Å². The summed E-state index contributed by atoms with van der Waals surface area (Å²) < 4.78 is 2.15. The van der Waals surface area contributed by atoms with Gasteiger partial charge in [-0.25, -0.2) is 9.97 Å². The smallest absolute Gasteiger partial charge is 0.117 e. The molecule has 1 aromatic carbocycles. The molecule has 0 spiro atoms. The Morgan fingerprint density at radius 2 is 1.66 bits per heavy atom. The number of aryl methyl sites for hydroxylation is 4. The molecule has 0 amide bonds. The molecule has 2 unspecified atom stereocenters. The van der Waals surface area contributed by atoms with Crippen molar-refractivity contribution in [3.63, 3.8) is 0 Å². The van der Waals surface area contributed by atoms with Gasteiger partial charge < -0.3 is 15.0 Å². The van der Waals surface area contributed by atoms with Crippen LogP contribution in [-0.4, -0.2) is 32.7 Å².